The molecule has 7 nitrogen and oxygen atoms in total. The first-order chi connectivity index (χ1) is 8.56. The largest absolute Gasteiger partial charge is 0.464 e. The van der Waals surface area contributed by atoms with Gasteiger partial charge >= 0.3 is 6.01 Å². The normalized spacial score (nSPS) is 17.9. The average Bonchev–Trinajstić information content (AvgIpc) is 2.69. The highest BCUT2D eigenvalue weighted by Gasteiger charge is 2.34. The van der Waals surface area contributed by atoms with Gasteiger partial charge in [0.25, 0.3) is 0 Å². The molecule has 3 N–H and O–H groups in total. The van der Waals surface area contributed by atoms with Crippen LogP contribution in [0.1, 0.15) is 33.6 Å². The van der Waals surface area contributed by atoms with Crippen LogP contribution >= 0.6 is 0 Å². The van der Waals surface area contributed by atoms with Gasteiger partial charge in [-0.2, -0.15) is 15.0 Å². The van der Waals surface area contributed by atoms with Gasteiger partial charge < -0.3 is 9.64 Å². The minimum absolute atomic E-state index is 0.0523. The first-order valence-corrected chi connectivity index (χ1v) is 6.20. The number of nitrogens with zero attached hydrogens (tertiary/aromatic N) is 4. The van der Waals surface area contributed by atoms with Crippen molar-refractivity contribution in [3.05, 3.63) is 0 Å². The summed E-state index contributed by atoms with van der Waals surface area (Å²) in [5.74, 6) is 6.31. The van der Waals surface area contributed by atoms with Crippen LogP contribution in [0.2, 0.25) is 0 Å². The molecule has 1 aliphatic rings. The Kier molecular flexibility index (Phi) is 3.51. The molecule has 2 heterocycles. The summed E-state index contributed by atoms with van der Waals surface area (Å²) in [5.41, 5.74) is 2.50. The van der Waals surface area contributed by atoms with Crippen LogP contribution in [0.5, 0.6) is 6.01 Å². The number of anilines is 2. The fraction of sp³-hybridized carbons (Fsp3) is 0.727. The Labute approximate surface area is 107 Å². The molecule has 0 radical (unpaired) electrons. The standard InChI is InChI=1S/C11H20N6O/c1-4-18-10-14-8(16-12)13-9(15-10)17-7-5-6-11(17,2)3/h4-7,12H2,1-3H3,(H,13,14,15,16). The van der Waals surface area contributed by atoms with E-state index in [-0.39, 0.29) is 5.54 Å². The topological polar surface area (TPSA) is 89.2 Å². The fourth-order valence-electron chi connectivity index (χ4n) is 2.20. The monoisotopic (exact) mass is 252 g/mol. The minimum Gasteiger partial charge on any atom is -0.464 e. The highest BCUT2D eigenvalue weighted by atomic mass is 16.5. The van der Waals surface area contributed by atoms with Crippen molar-refractivity contribution in [1.29, 1.82) is 0 Å². The van der Waals surface area contributed by atoms with Gasteiger partial charge in [0.2, 0.25) is 11.9 Å². The van der Waals surface area contributed by atoms with Gasteiger partial charge in [0.1, 0.15) is 0 Å². The van der Waals surface area contributed by atoms with Gasteiger partial charge in [-0.1, -0.05) is 0 Å². The first-order valence-electron chi connectivity index (χ1n) is 6.20. The molecule has 7 heteroatoms. The molecule has 2 rings (SSSR count). The van der Waals surface area contributed by atoms with Crippen molar-refractivity contribution in [3.8, 4) is 6.01 Å². The van der Waals surface area contributed by atoms with Crippen LogP contribution in [-0.2, 0) is 0 Å². The lowest BCUT2D eigenvalue weighted by atomic mass is 10.0. The van der Waals surface area contributed by atoms with Gasteiger partial charge in [-0.05, 0) is 33.6 Å². The van der Waals surface area contributed by atoms with Crippen LogP contribution in [0, 0.1) is 0 Å². The predicted octanol–water partition coefficient (Wildman–Crippen LogP) is 0.935. The molecule has 0 aromatic carbocycles. The third kappa shape index (κ3) is 2.45. The maximum Gasteiger partial charge on any atom is 0.323 e. The van der Waals surface area contributed by atoms with Gasteiger partial charge in [0.05, 0.1) is 6.61 Å². The van der Waals surface area contributed by atoms with Gasteiger partial charge in [0.15, 0.2) is 0 Å². The van der Waals surface area contributed by atoms with Crippen molar-refractivity contribution in [2.45, 2.75) is 39.2 Å². The van der Waals surface area contributed by atoms with E-state index in [4.69, 9.17) is 10.6 Å². The van der Waals surface area contributed by atoms with E-state index in [0.717, 1.165) is 19.4 Å². The number of hydrogen-bond acceptors (Lipinski definition) is 7. The summed E-state index contributed by atoms with van der Waals surface area (Å²) in [6.07, 6.45) is 2.25. The number of hydrazine groups is 1. The third-order valence-electron chi connectivity index (χ3n) is 3.15. The number of rotatable bonds is 4. The van der Waals surface area contributed by atoms with Crippen LogP contribution in [0.15, 0.2) is 0 Å². The zero-order chi connectivity index (χ0) is 13.2. The molecule has 0 unspecified atom stereocenters. The van der Waals surface area contributed by atoms with Gasteiger partial charge in [-0.3, -0.25) is 5.43 Å². The Hall–Kier alpha value is -1.63. The van der Waals surface area contributed by atoms with Crippen LogP contribution in [0.25, 0.3) is 0 Å². The Morgan fingerprint density at radius 3 is 2.72 bits per heavy atom. The SMILES string of the molecule is CCOc1nc(NN)nc(N2CCCC2(C)C)n1. The highest BCUT2D eigenvalue weighted by molar-refractivity contribution is 5.41. The second-order valence-corrected chi connectivity index (χ2v) is 4.89. The Balaban J connectivity index is 2.34. The molecule has 0 spiro atoms. The number of nitrogens with one attached hydrogen (secondary N) is 1. The zero-order valence-corrected chi connectivity index (χ0v) is 11.1. The molecule has 100 valence electrons. The van der Waals surface area contributed by atoms with E-state index in [0.29, 0.717) is 24.5 Å². The molecule has 1 fully saturated rings. The number of nitrogens with two attached hydrogens (primary N) is 1. The summed E-state index contributed by atoms with van der Waals surface area (Å²) in [7, 11) is 0. The molecular formula is C11H20N6O. The van der Waals surface area contributed by atoms with Crippen molar-refractivity contribution >= 4 is 11.9 Å². The molecule has 1 saturated heterocycles. The molecule has 1 aromatic heterocycles. The fourth-order valence-corrected chi connectivity index (χ4v) is 2.20. The van der Waals surface area contributed by atoms with E-state index in [2.05, 4.69) is 39.1 Å². The van der Waals surface area contributed by atoms with E-state index >= 15 is 0 Å². The van der Waals surface area contributed by atoms with Crippen LogP contribution < -0.4 is 20.9 Å². The second-order valence-electron chi connectivity index (χ2n) is 4.89. The third-order valence-corrected chi connectivity index (χ3v) is 3.15. The van der Waals surface area contributed by atoms with E-state index in [9.17, 15) is 0 Å². The van der Waals surface area contributed by atoms with Crippen LogP contribution in [0.4, 0.5) is 11.9 Å². The van der Waals surface area contributed by atoms with Crippen LogP contribution in [0.3, 0.4) is 0 Å². The van der Waals surface area contributed by atoms with Crippen molar-refractivity contribution in [1.82, 2.24) is 15.0 Å². The summed E-state index contributed by atoms with van der Waals surface area (Å²) in [5, 5.41) is 0. The number of hydrogen-bond donors (Lipinski definition) is 2. The Morgan fingerprint density at radius 2 is 2.17 bits per heavy atom. The molecular weight excluding hydrogens is 232 g/mol. The second kappa shape index (κ2) is 4.93. The van der Waals surface area contributed by atoms with Crippen molar-refractivity contribution in [2.24, 2.45) is 5.84 Å². The van der Waals surface area contributed by atoms with Crippen molar-refractivity contribution in [2.75, 3.05) is 23.5 Å². The van der Waals surface area contributed by atoms with Gasteiger partial charge in [0, 0.05) is 12.1 Å². The molecule has 0 saturated carbocycles. The van der Waals surface area contributed by atoms with Crippen LogP contribution in [-0.4, -0.2) is 33.6 Å². The Morgan fingerprint density at radius 1 is 1.39 bits per heavy atom. The number of nitrogen functional groups attached to an aromatic ring is 1. The average molecular weight is 252 g/mol. The molecule has 1 aliphatic heterocycles. The van der Waals surface area contributed by atoms with Gasteiger partial charge in [-0.15, -0.1) is 0 Å². The smallest absolute Gasteiger partial charge is 0.323 e. The lowest BCUT2D eigenvalue weighted by molar-refractivity contribution is 0.311. The predicted molar refractivity (Wildman–Crippen MR) is 69.5 cm³/mol. The number of ether oxygens (including phenoxy) is 1. The lowest BCUT2D eigenvalue weighted by Crippen LogP contribution is -2.39. The molecule has 0 atom stereocenters. The summed E-state index contributed by atoms with van der Waals surface area (Å²) in [4.78, 5) is 14.9. The summed E-state index contributed by atoms with van der Waals surface area (Å²) in [6.45, 7) is 7.70. The lowest BCUT2D eigenvalue weighted by Gasteiger charge is -2.31. The molecule has 0 amide bonds. The van der Waals surface area contributed by atoms with E-state index in [1.165, 1.54) is 0 Å². The Bertz CT molecular complexity index is 422. The zero-order valence-electron chi connectivity index (χ0n) is 11.1. The summed E-state index contributed by atoms with van der Waals surface area (Å²) in [6, 6.07) is 0.304. The maximum absolute atomic E-state index is 5.37. The van der Waals surface area contributed by atoms with Crippen molar-refractivity contribution in [3.63, 3.8) is 0 Å². The first kappa shape index (κ1) is 12.8. The van der Waals surface area contributed by atoms with E-state index in [1.807, 2.05) is 6.92 Å². The maximum atomic E-state index is 5.37. The van der Waals surface area contributed by atoms with E-state index < -0.39 is 0 Å². The summed E-state index contributed by atoms with van der Waals surface area (Å²) >= 11 is 0. The van der Waals surface area contributed by atoms with Gasteiger partial charge in [-0.25, -0.2) is 5.84 Å². The molecule has 18 heavy (non-hydrogen) atoms. The minimum atomic E-state index is 0.0523. The van der Waals surface area contributed by atoms with Crippen molar-refractivity contribution < 1.29 is 4.74 Å². The number of aromatic nitrogens is 3. The summed E-state index contributed by atoms with van der Waals surface area (Å²) < 4.78 is 5.33. The molecule has 0 bridgehead atoms. The van der Waals surface area contributed by atoms with E-state index in [1.54, 1.807) is 0 Å². The molecule has 0 aliphatic carbocycles. The molecule has 1 aromatic rings. The highest BCUT2D eigenvalue weighted by Crippen LogP contribution is 2.32. The quantitative estimate of drug-likeness (QED) is 0.608.